The Morgan fingerprint density at radius 3 is 2.63 bits per heavy atom. The Kier molecular flexibility index (Phi) is 7.08. The topological polar surface area (TPSA) is 77.7 Å². The molecule has 0 radical (unpaired) electrons. The molecule has 1 heterocycles. The summed E-state index contributed by atoms with van der Waals surface area (Å²) in [6, 6.07) is 14.5. The summed E-state index contributed by atoms with van der Waals surface area (Å²) in [5.74, 6) is 1.83. The number of hydrogen-bond acceptors (Lipinski definition) is 6. The molecule has 0 spiro atoms. The zero-order valence-electron chi connectivity index (χ0n) is 17.0. The molecule has 0 atom stereocenters. The number of anilines is 1. The second-order valence-corrected chi connectivity index (χ2v) is 7.28. The molecule has 0 fully saturated rings. The molecule has 0 bridgehead atoms. The Morgan fingerprint density at radius 1 is 1.20 bits per heavy atom. The molecule has 1 aromatic heterocycles. The van der Waals surface area contributed by atoms with Crippen molar-refractivity contribution in [3.8, 4) is 17.2 Å². The summed E-state index contributed by atoms with van der Waals surface area (Å²) in [5, 5.41) is 8.35. The molecule has 7 nitrogen and oxygen atoms in total. The van der Waals surface area contributed by atoms with Crippen LogP contribution in [0.25, 0.3) is 5.69 Å². The number of para-hydroxylation sites is 1. The number of rotatable bonds is 8. The third kappa shape index (κ3) is 5.18. The number of hydrazone groups is 1. The Labute approximate surface area is 179 Å². The van der Waals surface area contributed by atoms with E-state index in [0.717, 1.165) is 11.3 Å². The molecule has 0 aliphatic heterocycles. The van der Waals surface area contributed by atoms with Gasteiger partial charge in [0.25, 0.3) is 5.56 Å². The first-order valence-electron chi connectivity index (χ1n) is 9.42. The predicted molar refractivity (Wildman–Crippen MR) is 119 cm³/mol. The van der Waals surface area contributed by atoms with Crippen molar-refractivity contribution in [2.45, 2.75) is 13.8 Å². The van der Waals surface area contributed by atoms with E-state index >= 15 is 0 Å². The fourth-order valence-electron chi connectivity index (χ4n) is 2.56. The van der Waals surface area contributed by atoms with Crippen molar-refractivity contribution in [1.29, 1.82) is 0 Å². The quantitative estimate of drug-likeness (QED) is 0.427. The van der Waals surface area contributed by atoms with E-state index < -0.39 is 5.56 Å². The predicted octanol–water partition coefficient (Wildman–Crippen LogP) is 4.38. The number of nitrogens with zero attached hydrogens (tertiary/aromatic N) is 3. The number of hydrogen-bond donors (Lipinski definition) is 1. The molecule has 0 amide bonds. The SMILES string of the molecule is COc1ccc(-n2ncc(N/N=C\c3ccccc3OCC(C)C)c(Cl)c2=O)cc1. The minimum atomic E-state index is -0.456. The monoisotopic (exact) mass is 426 g/mol. The number of halogens is 1. The van der Waals surface area contributed by atoms with Crippen molar-refractivity contribution < 1.29 is 9.47 Å². The summed E-state index contributed by atoms with van der Waals surface area (Å²) in [5.41, 5.74) is 4.01. The first-order valence-corrected chi connectivity index (χ1v) is 9.80. The molecule has 156 valence electrons. The van der Waals surface area contributed by atoms with E-state index in [4.69, 9.17) is 21.1 Å². The first-order chi connectivity index (χ1) is 14.5. The molecule has 2 aromatic carbocycles. The number of methoxy groups -OCH3 is 1. The highest BCUT2D eigenvalue weighted by atomic mass is 35.5. The van der Waals surface area contributed by atoms with E-state index in [1.54, 1.807) is 37.6 Å². The first kappa shape index (κ1) is 21.4. The molecule has 3 rings (SSSR count). The normalized spacial score (nSPS) is 11.1. The molecule has 30 heavy (non-hydrogen) atoms. The van der Waals surface area contributed by atoms with E-state index in [-0.39, 0.29) is 5.02 Å². The van der Waals surface area contributed by atoms with Crippen molar-refractivity contribution in [1.82, 2.24) is 9.78 Å². The number of benzene rings is 2. The van der Waals surface area contributed by atoms with Crippen LogP contribution in [0.4, 0.5) is 5.69 Å². The Morgan fingerprint density at radius 2 is 1.93 bits per heavy atom. The van der Waals surface area contributed by atoms with E-state index in [9.17, 15) is 4.79 Å². The summed E-state index contributed by atoms with van der Waals surface area (Å²) in [6.45, 7) is 4.78. The molecule has 1 N–H and O–H groups in total. The van der Waals surface area contributed by atoms with Crippen molar-refractivity contribution in [3.05, 3.63) is 75.7 Å². The van der Waals surface area contributed by atoms with Crippen LogP contribution >= 0.6 is 11.6 Å². The second kappa shape index (κ2) is 9.93. The molecule has 3 aromatic rings. The maximum atomic E-state index is 12.6. The van der Waals surface area contributed by atoms with Gasteiger partial charge in [-0.2, -0.15) is 14.9 Å². The Balaban J connectivity index is 1.77. The molecule has 0 saturated carbocycles. The van der Waals surface area contributed by atoms with E-state index in [1.165, 1.54) is 10.9 Å². The van der Waals surface area contributed by atoms with Crippen LogP contribution in [0.15, 0.2) is 64.6 Å². The van der Waals surface area contributed by atoms with Crippen molar-refractivity contribution in [2.24, 2.45) is 11.0 Å². The fourth-order valence-corrected chi connectivity index (χ4v) is 2.74. The minimum absolute atomic E-state index is 0.0117. The highest BCUT2D eigenvalue weighted by Crippen LogP contribution is 2.19. The summed E-state index contributed by atoms with van der Waals surface area (Å²) in [6.07, 6.45) is 3.06. The number of nitrogens with one attached hydrogen (secondary N) is 1. The van der Waals surface area contributed by atoms with Gasteiger partial charge in [0, 0.05) is 5.56 Å². The summed E-state index contributed by atoms with van der Waals surface area (Å²) >= 11 is 6.25. The third-order valence-corrected chi connectivity index (χ3v) is 4.48. The highest BCUT2D eigenvalue weighted by Gasteiger charge is 2.10. The summed E-state index contributed by atoms with van der Waals surface area (Å²) in [7, 11) is 1.58. The smallest absolute Gasteiger partial charge is 0.292 e. The zero-order chi connectivity index (χ0) is 21.5. The van der Waals surface area contributed by atoms with Crippen LogP contribution in [0.5, 0.6) is 11.5 Å². The van der Waals surface area contributed by atoms with Gasteiger partial charge < -0.3 is 9.47 Å². The lowest BCUT2D eigenvalue weighted by Crippen LogP contribution is -2.22. The maximum absolute atomic E-state index is 12.6. The van der Waals surface area contributed by atoms with Gasteiger partial charge in [-0.25, -0.2) is 0 Å². The van der Waals surface area contributed by atoms with Gasteiger partial charge in [-0.1, -0.05) is 37.6 Å². The van der Waals surface area contributed by atoms with Gasteiger partial charge in [-0.3, -0.25) is 10.2 Å². The lowest BCUT2D eigenvalue weighted by molar-refractivity contribution is 0.271. The van der Waals surface area contributed by atoms with Crippen LogP contribution < -0.4 is 20.5 Å². The van der Waals surface area contributed by atoms with Crippen molar-refractivity contribution >= 4 is 23.5 Å². The number of aromatic nitrogens is 2. The van der Waals surface area contributed by atoms with Crippen LogP contribution in [-0.4, -0.2) is 29.7 Å². The van der Waals surface area contributed by atoms with Gasteiger partial charge in [0.05, 0.1) is 31.8 Å². The van der Waals surface area contributed by atoms with Crippen LogP contribution in [0.3, 0.4) is 0 Å². The largest absolute Gasteiger partial charge is 0.497 e. The summed E-state index contributed by atoms with van der Waals surface area (Å²) < 4.78 is 12.1. The lowest BCUT2D eigenvalue weighted by Gasteiger charge is -2.11. The maximum Gasteiger partial charge on any atom is 0.292 e. The van der Waals surface area contributed by atoms with Crippen molar-refractivity contribution in [2.75, 3.05) is 19.1 Å². The zero-order valence-corrected chi connectivity index (χ0v) is 17.8. The van der Waals surface area contributed by atoms with Crippen LogP contribution in [0.1, 0.15) is 19.4 Å². The molecule has 0 saturated heterocycles. The molecule has 0 aliphatic carbocycles. The van der Waals surface area contributed by atoms with E-state index in [1.807, 2.05) is 24.3 Å². The van der Waals surface area contributed by atoms with Gasteiger partial charge in [0.15, 0.2) is 0 Å². The van der Waals surface area contributed by atoms with Gasteiger partial charge in [0.1, 0.15) is 22.2 Å². The molecule has 0 unspecified atom stereocenters. The van der Waals surface area contributed by atoms with Gasteiger partial charge >= 0.3 is 0 Å². The van der Waals surface area contributed by atoms with Gasteiger partial charge in [-0.05, 0) is 42.3 Å². The fraction of sp³-hybridized carbons (Fsp3) is 0.227. The van der Waals surface area contributed by atoms with Gasteiger partial charge in [0.2, 0.25) is 0 Å². The third-order valence-electron chi connectivity index (χ3n) is 4.12. The minimum Gasteiger partial charge on any atom is -0.497 e. The van der Waals surface area contributed by atoms with E-state index in [2.05, 4.69) is 29.5 Å². The van der Waals surface area contributed by atoms with Crippen LogP contribution in [-0.2, 0) is 0 Å². The lowest BCUT2D eigenvalue weighted by atomic mass is 10.2. The molecular weight excluding hydrogens is 404 g/mol. The second-order valence-electron chi connectivity index (χ2n) is 6.90. The summed E-state index contributed by atoms with van der Waals surface area (Å²) in [4.78, 5) is 12.6. The van der Waals surface area contributed by atoms with Crippen LogP contribution in [0.2, 0.25) is 5.02 Å². The van der Waals surface area contributed by atoms with Gasteiger partial charge in [-0.15, -0.1) is 0 Å². The Hall–Kier alpha value is -3.32. The molecule has 0 aliphatic rings. The number of ether oxygens (including phenoxy) is 2. The average molecular weight is 427 g/mol. The molecular formula is C22H23ClN4O3. The van der Waals surface area contributed by atoms with E-state index in [0.29, 0.717) is 29.6 Å². The highest BCUT2D eigenvalue weighted by molar-refractivity contribution is 6.32. The average Bonchev–Trinajstić information content (AvgIpc) is 2.76. The van der Waals surface area contributed by atoms with Crippen molar-refractivity contribution in [3.63, 3.8) is 0 Å². The standard InChI is InChI=1S/C22H23ClN4O3/c1-15(2)14-30-20-7-5-4-6-16(20)12-24-26-19-13-25-27(22(28)21(19)23)17-8-10-18(29-3)11-9-17/h4-13,15,26H,14H2,1-3H3/b24-12-. The molecule has 8 heteroatoms. The Bertz CT molecular complexity index is 1080. The van der Waals surface area contributed by atoms with Crippen LogP contribution in [0, 0.1) is 5.92 Å².